The molecule has 0 spiro atoms. The Morgan fingerprint density at radius 3 is 2.95 bits per heavy atom. The second kappa shape index (κ2) is 7.51. The number of nitrogens with two attached hydrogens (primary N) is 1. The minimum absolute atomic E-state index is 0.226. The fraction of sp³-hybridized carbons (Fsp3) is 0.600. The number of nitrogens with zero attached hydrogens (tertiary/aromatic N) is 1. The molecule has 4 nitrogen and oxygen atoms in total. The lowest BCUT2D eigenvalue weighted by atomic mass is 10.1. The third kappa shape index (κ3) is 4.63. The summed E-state index contributed by atoms with van der Waals surface area (Å²) >= 11 is 1.74. The van der Waals surface area contributed by atoms with E-state index in [0.717, 1.165) is 37.4 Å². The first-order chi connectivity index (χ1) is 10.0. The van der Waals surface area contributed by atoms with Crippen molar-refractivity contribution in [3.63, 3.8) is 0 Å². The number of benzene rings is 1. The molecule has 0 bridgehead atoms. The molecular formula is C15H24N2O2S2. The minimum Gasteiger partial charge on any atom is -0.399 e. The Balaban J connectivity index is 1.91. The van der Waals surface area contributed by atoms with Crippen LogP contribution in [0.25, 0.3) is 0 Å². The van der Waals surface area contributed by atoms with E-state index in [4.69, 9.17) is 5.73 Å². The molecule has 1 atom stereocenters. The highest BCUT2D eigenvalue weighted by Crippen LogP contribution is 2.22. The standard InChI is InChI=1S/C15H24N2O2S2/c1-2-21(18,19)15-12-20-10-9-17(15)8-4-6-13-5-3-7-14(16)11-13/h3,5,7,11,15H,2,4,6,8-10,12,16H2,1H3. The first-order valence-electron chi connectivity index (χ1n) is 7.40. The van der Waals surface area contributed by atoms with Gasteiger partial charge in [0.25, 0.3) is 0 Å². The molecule has 2 N–H and O–H groups in total. The van der Waals surface area contributed by atoms with Crippen molar-refractivity contribution < 1.29 is 8.42 Å². The molecule has 1 aliphatic rings. The molecular weight excluding hydrogens is 304 g/mol. The maximum atomic E-state index is 12.2. The van der Waals surface area contributed by atoms with Gasteiger partial charge in [0.1, 0.15) is 5.37 Å². The SMILES string of the molecule is CCS(=O)(=O)C1CSCCN1CCCc1cccc(N)c1. The van der Waals surface area contributed by atoms with Crippen LogP contribution in [0.5, 0.6) is 0 Å². The van der Waals surface area contributed by atoms with Gasteiger partial charge in [-0.05, 0) is 37.1 Å². The van der Waals surface area contributed by atoms with E-state index in [0.29, 0.717) is 5.75 Å². The average molecular weight is 329 g/mol. The Morgan fingerprint density at radius 2 is 2.24 bits per heavy atom. The smallest absolute Gasteiger partial charge is 0.166 e. The van der Waals surface area contributed by atoms with Crippen molar-refractivity contribution in [2.45, 2.75) is 25.1 Å². The summed E-state index contributed by atoms with van der Waals surface area (Å²) in [7, 11) is -2.99. The summed E-state index contributed by atoms with van der Waals surface area (Å²) < 4.78 is 24.3. The molecule has 1 heterocycles. The third-order valence-electron chi connectivity index (χ3n) is 3.87. The maximum Gasteiger partial charge on any atom is 0.166 e. The lowest BCUT2D eigenvalue weighted by Gasteiger charge is -2.34. The Hall–Kier alpha value is -0.720. The van der Waals surface area contributed by atoms with Gasteiger partial charge in [-0.3, -0.25) is 4.90 Å². The number of hydrogen-bond donors (Lipinski definition) is 1. The molecule has 0 aliphatic carbocycles. The number of rotatable bonds is 6. The molecule has 1 unspecified atom stereocenters. The van der Waals surface area contributed by atoms with Crippen molar-refractivity contribution in [3.8, 4) is 0 Å². The van der Waals surface area contributed by atoms with Crippen molar-refractivity contribution in [3.05, 3.63) is 29.8 Å². The quantitative estimate of drug-likeness (QED) is 0.809. The average Bonchev–Trinajstić information content (AvgIpc) is 2.48. The van der Waals surface area contributed by atoms with E-state index in [1.54, 1.807) is 18.7 Å². The fourth-order valence-corrected chi connectivity index (χ4v) is 5.74. The van der Waals surface area contributed by atoms with E-state index in [2.05, 4.69) is 11.0 Å². The molecule has 21 heavy (non-hydrogen) atoms. The lowest BCUT2D eigenvalue weighted by molar-refractivity contribution is 0.267. The van der Waals surface area contributed by atoms with Crippen LogP contribution in [0.15, 0.2) is 24.3 Å². The number of aryl methyl sites for hydroxylation is 1. The molecule has 118 valence electrons. The van der Waals surface area contributed by atoms with Gasteiger partial charge in [-0.1, -0.05) is 19.1 Å². The van der Waals surface area contributed by atoms with Gasteiger partial charge in [0.2, 0.25) is 0 Å². The molecule has 1 aromatic carbocycles. The van der Waals surface area contributed by atoms with Gasteiger partial charge in [0.15, 0.2) is 9.84 Å². The Bertz CT molecular complexity index is 561. The topological polar surface area (TPSA) is 63.4 Å². The van der Waals surface area contributed by atoms with Crippen LogP contribution in [0.1, 0.15) is 18.9 Å². The predicted octanol–water partition coefficient (Wildman–Crippen LogP) is 2.01. The van der Waals surface area contributed by atoms with Crippen LogP contribution in [-0.2, 0) is 16.3 Å². The normalized spacial score (nSPS) is 20.5. The second-order valence-electron chi connectivity index (χ2n) is 5.37. The van der Waals surface area contributed by atoms with E-state index in [1.807, 2.05) is 18.2 Å². The monoisotopic (exact) mass is 328 g/mol. The van der Waals surface area contributed by atoms with Gasteiger partial charge in [-0.2, -0.15) is 11.8 Å². The molecule has 1 aliphatic heterocycles. The van der Waals surface area contributed by atoms with Crippen LogP contribution >= 0.6 is 11.8 Å². The molecule has 1 aromatic rings. The van der Waals surface area contributed by atoms with E-state index in [9.17, 15) is 8.42 Å². The summed E-state index contributed by atoms with van der Waals surface area (Å²) in [5.74, 6) is 1.95. The van der Waals surface area contributed by atoms with Crippen LogP contribution in [0, 0.1) is 0 Å². The highest BCUT2D eigenvalue weighted by molar-refractivity contribution is 8.01. The maximum absolute atomic E-state index is 12.2. The zero-order valence-corrected chi connectivity index (χ0v) is 14.1. The Morgan fingerprint density at radius 1 is 1.43 bits per heavy atom. The van der Waals surface area contributed by atoms with Crippen molar-refractivity contribution in [2.75, 3.05) is 36.1 Å². The van der Waals surface area contributed by atoms with Crippen LogP contribution in [0.4, 0.5) is 5.69 Å². The third-order valence-corrected chi connectivity index (χ3v) is 7.20. The van der Waals surface area contributed by atoms with Crippen LogP contribution in [0.2, 0.25) is 0 Å². The number of nitrogen functional groups attached to an aromatic ring is 1. The van der Waals surface area contributed by atoms with Crippen molar-refractivity contribution in [1.29, 1.82) is 0 Å². The van der Waals surface area contributed by atoms with Crippen molar-refractivity contribution in [2.24, 2.45) is 0 Å². The largest absolute Gasteiger partial charge is 0.399 e. The number of anilines is 1. The summed E-state index contributed by atoms with van der Waals surface area (Å²) in [6.07, 6.45) is 1.90. The summed E-state index contributed by atoms with van der Waals surface area (Å²) in [6, 6.07) is 7.91. The van der Waals surface area contributed by atoms with E-state index in [-0.39, 0.29) is 11.1 Å². The zero-order chi connectivity index (χ0) is 15.3. The van der Waals surface area contributed by atoms with Crippen molar-refractivity contribution >= 4 is 27.3 Å². The Labute approximate surface area is 132 Å². The van der Waals surface area contributed by atoms with Gasteiger partial charge in [0.05, 0.1) is 0 Å². The summed E-state index contributed by atoms with van der Waals surface area (Å²) in [5.41, 5.74) is 7.78. The van der Waals surface area contributed by atoms with Gasteiger partial charge >= 0.3 is 0 Å². The van der Waals surface area contributed by atoms with Crippen LogP contribution in [0.3, 0.4) is 0 Å². The van der Waals surface area contributed by atoms with Crippen LogP contribution in [-0.4, -0.2) is 49.0 Å². The molecule has 0 saturated carbocycles. The lowest BCUT2D eigenvalue weighted by Crippen LogP contribution is -2.48. The molecule has 2 rings (SSSR count). The minimum atomic E-state index is -2.99. The molecule has 1 fully saturated rings. The fourth-order valence-electron chi connectivity index (χ4n) is 2.63. The molecule has 0 aromatic heterocycles. The first kappa shape index (κ1) is 16.6. The van der Waals surface area contributed by atoms with Gasteiger partial charge < -0.3 is 5.73 Å². The molecule has 0 radical (unpaired) electrons. The van der Waals surface area contributed by atoms with Crippen LogP contribution < -0.4 is 5.73 Å². The first-order valence-corrected chi connectivity index (χ1v) is 10.3. The van der Waals surface area contributed by atoms with Gasteiger partial charge in [0, 0.05) is 29.5 Å². The molecule has 6 heteroatoms. The zero-order valence-electron chi connectivity index (χ0n) is 12.5. The summed E-state index contributed by atoms with van der Waals surface area (Å²) in [5, 5.41) is -0.304. The predicted molar refractivity (Wildman–Crippen MR) is 91.3 cm³/mol. The summed E-state index contributed by atoms with van der Waals surface area (Å²) in [6.45, 7) is 3.43. The Kier molecular flexibility index (Phi) is 5.96. The molecule has 1 saturated heterocycles. The van der Waals surface area contributed by atoms with E-state index < -0.39 is 9.84 Å². The highest BCUT2D eigenvalue weighted by Gasteiger charge is 2.32. The van der Waals surface area contributed by atoms with Crippen molar-refractivity contribution in [1.82, 2.24) is 4.90 Å². The second-order valence-corrected chi connectivity index (χ2v) is 8.96. The van der Waals surface area contributed by atoms with Gasteiger partial charge in [-0.25, -0.2) is 8.42 Å². The van der Waals surface area contributed by atoms with Gasteiger partial charge in [-0.15, -0.1) is 0 Å². The van der Waals surface area contributed by atoms with E-state index >= 15 is 0 Å². The molecule has 0 amide bonds. The number of sulfone groups is 1. The number of hydrogen-bond acceptors (Lipinski definition) is 5. The number of thioether (sulfide) groups is 1. The summed E-state index contributed by atoms with van der Waals surface area (Å²) in [4.78, 5) is 2.14. The van der Waals surface area contributed by atoms with E-state index in [1.165, 1.54) is 5.56 Å². The highest BCUT2D eigenvalue weighted by atomic mass is 32.2.